The van der Waals surface area contributed by atoms with Crippen molar-refractivity contribution in [3.05, 3.63) is 103 Å². The third kappa shape index (κ3) is 5.58. The summed E-state index contributed by atoms with van der Waals surface area (Å²) < 4.78 is 6.21. The van der Waals surface area contributed by atoms with Crippen molar-refractivity contribution < 1.29 is 9.84 Å². The third-order valence-corrected chi connectivity index (χ3v) is 6.49. The van der Waals surface area contributed by atoms with Crippen molar-refractivity contribution in [1.29, 1.82) is 0 Å². The molecule has 0 fully saturated rings. The van der Waals surface area contributed by atoms with E-state index in [1.54, 1.807) is 0 Å². The maximum absolute atomic E-state index is 10.9. The molecule has 0 aromatic heterocycles. The summed E-state index contributed by atoms with van der Waals surface area (Å²) in [6, 6.07) is 35.6. The number of para-hydroxylation sites is 1. The molecule has 0 aliphatic heterocycles. The normalized spacial score (nSPS) is 12.8. The van der Waals surface area contributed by atoms with Crippen molar-refractivity contribution in [1.82, 2.24) is 0 Å². The zero-order valence-electron chi connectivity index (χ0n) is 20.2. The summed E-state index contributed by atoms with van der Waals surface area (Å²) in [5.74, 6) is 0.844. The smallest absolute Gasteiger partial charge is 0.200 e. The lowest BCUT2D eigenvalue weighted by molar-refractivity contribution is -0.0659. The van der Waals surface area contributed by atoms with Gasteiger partial charge in [0.2, 0.25) is 0 Å². The maximum Gasteiger partial charge on any atom is 0.200 e. The predicted molar refractivity (Wildman–Crippen MR) is 143 cm³/mol. The molecular formula is C32H34O2. The molecule has 0 saturated heterocycles. The summed E-state index contributed by atoms with van der Waals surface area (Å²) in [7, 11) is 0. The molecule has 2 heteroatoms. The first-order valence-corrected chi connectivity index (χ1v) is 12.4. The first-order valence-electron chi connectivity index (χ1n) is 12.4. The van der Waals surface area contributed by atoms with E-state index in [9.17, 15) is 5.11 Å². The van der Waals surface area contributed by atoms with Crippen LogP contribution in [0.5, 0.6) is 5.75 Å². The first kappa shape index (κ1) is 23.8. The second-order valence-electron chi connectivity index (χ2n) is 8.81. The zero-order valence-corrected chi connectivity index (χ0v) is 20.2. The minimum atomic E-state index is -0.818. The molecule has 4 aromatic rings. The van der Waals surface area contributed by atoms with E-state index in [1.165, 1.54) is 11.1 Å². The van der Waals surface area contributed by atoms with E-state index in [2.05, 4.69) is 86.6 Å². The number of hydrogen-bond donors (Lipinski definition) is 1. The highest BCUT2D eigenvalue weighted by molar-refractivity contribution is 5.89. The topological polar surface area (TPSA) is 29.5 Å². The molecule has 0 heterocycles. The van der Waals surface area contributed by atoms with E-state index in [4.69, 9.17) is 4.74 Å². The molecule has 4 aromatic carbocycles. The van der Waals surface area contributed by atoms with Crippen LogP contribution in [0.4, 0.5) is 0 Å². The Morgan fingerprint density at radius 2 is 1.29 bits per heavy atom. The van der Waals surface area contributed by atoms with Crippen LogP contribution in [0.15, 0.2) is 103 Å². The summed E-state index contributed by atoms with van der Waals surface area (Å²) in [4.78, 5) is 0. The van der Waals surface area contributed by atoms with Gasteiger partial charge in [-0.2, -0.15) is 0 Å². The minimum Gasteiger partial charge on any atom is -0.464 e. The van der Waals surface area contributed by atoms with E-state index in [0.717, 1.165) is 53.7 Å². The van der Waals surface area contributed by atoms with E-state index < -0.39 is 6.29 Å². The van der Waals surface area contributed by atoms with Gasteiger partial charge in [0.25, 0.3) is 0 Å². The van der Waals surface area contributed by atoms with Gasteiger partial charge in [-0.3, -0.25) is 0 Å². The van der Waals surface area contributed by atoms with Crippen LogP contribution in [0.3, 0.4) is 0 Å². The summed E-state index contributed by atoms with van der Waals surface area (Å²) in [5.41, 5.74) is 6.74. The number of ether oxygens (including phenoxy) is 1. The van der Waals surface area contributed by atoms with Crippen LogP contribution in [-0.4, -0.2) is 11.4 Å². The first-order chi connectivity index (χ1) is 16.7. The fraction of sp³-hybridized carbons (Fsp3) is 0.250. The van der Waals surface area contributed by atoms with Gasteiger partial charge in [0.05, 0.1) is 0 Å². The summed E-state index contributed by atoms with van der Waals surface area (Å²) in [5, 5.41) is 10.9. The van der Waals surface area contributed by atoms with E-state index in [-0.39, 0.29) is 5.92 Å². The lowest BCUT2D eigenvalue weighted by Gasteiger charge is -2.24. The van der Waals surface area contributed by atoms with Crippen LogP contribution in [0, 0.1) is 5.92 Å². The molecule has 2 unspecified atom stereocenters. The Hall–Kier alpha value is -3.36. The molecule has 0 bridgehead atoms. The van der Waals surface area contributed by atoms with E-state index >= 15 is 0 Å². The standard InChI is InChI=1S/C32H34O2/c1-3-5-14-24(4-2)32(33)34-31-20-13-12-19-29(31)28-22-21-27(25-15-8-6-9-16-25)23-30(28)26-17-10-7-11-18-26/h6-13,15-24,32-33H,3-5,14H2,1-2H3. The number of benzene rings is 4. The number of unbranched alkanes of at least 4 members (excludes halogenated alkanes) is 1. The van der Waals surface area contributed by atoms with Gasteiger partial charge in [-0.25, -0.2) is 0 Å². The van der Waals surface area contributed by atoms with Gasteiger partial charge < -0.3 is 9.84 Å². The number of hydrogen-bond acceptors (Lipinski definition) is 2. The molecule has 1 N–H and O–H groups in total. The SMILES string of the molecule is CCCCC(CC)C(O)Oc1ccccc1-c1ccc(-c2ccccc2)cc1-c1ccccc1. The monoisotopic (exact) mass is 450 g/mol. The molecule has 0 amide bonds. The fourth-order valence-corrected chi connectivity index (χ4v) is 4.48. The molecule has 174 valence electrons. The number of aliphatic hydroxyl groups excluding tert-OH is 1. The molecule has 0 radical (unpaired) electrons. The Morgan fingerprint density at radius 1 is 0.647 bits per heavy atom. The Balaban J connectivity index is 1.76. The van der Waals surface area contributed by atoms with Gasteiger partial charge >= 0.3 is 0 Å². The van der Waals surface area contributed by atoms with Crippen LogP contribution in [0.2, 0.25) is 0 Å². The average Bonchev–Trinajstić information content (AvgIpc) is 2.90. The van der Waals surface area contributed by atoms with Crippen molar-refractivity contribution >= 4 is 0 Å². The molecule has 0 spiro atoms. The fourth-order valence-electron chi connectivity index (χ4n) is 4.48. The van der Waals surface area contributed by atoms with Gasteiger partial charge in [0.15, 0.2) is 6.29 Å². The van der Waals surface area contributed by atoms with Crippen LogP contribution in [0.1, 0.15) is 39.5 Å². The van der Waals surface area contributed by atoms with Crippen LogP contribution >= 0.6 is 0 Å². The number of rotatable bonds is 10. The highest BCUT2D eigenvalue weighted by Gasteiger charge is 2.21. The van der Waals surface area contributed by atoms with Gasteiger partial charge in [0, 0.05) is 11.5 Å². The van der Waals surface area contributed by atoms with E-state index in [1.807, 2.05) is 30.3 Å². The van der Waals surface area contributed by atoms with Gasteiger partial charge in [-0.15, -0.1) is 0 Å². The Kier molecular flexibility index (Phi) is 8.17. The minimum absolute atomic E-state index is 0.127. The van der Waals surface area contributed by atoms with Crippen molar-refractivity contribution in [3.8, 4) is 39.1 Å². The molecule has 2 atom stereocenters. The zero-order chi connectivity index (χ0) is 23.8. The average molecular weight is 451 g/mol. The van der Waals surface area contributed by atoms with Crippen molar-refractivity contribution in [2.45, 2.75) is 45.8 Å². The molecule has 4 rings (SSSR count). The summed E-state index contributed by atoms with van der Waals surface area (Å²) >= 11 is 0. The largest absolute Gasteiger partial charge is 0.464 e. The quantitative estimate of drug-likeness (QED) is 0.245. The maximum atomic E-state index is 10.9. The van der Waals surface area contributed by atoms with Crippen molar-refractivity contribution in [2.75, 3.05) is 0 Å². The summed E-state index contributed by atoms with van der Waals surface area (Å²) in [6.07, 6.45) is 3.26. The van der Waals surface area contributed by atoms with Crippen molar-refractivity contribution in [3.63, 3.8) is 0 Å². The molecule has 0 aliphatic carbocycles. The van der Waals surface area contributed by atoms with Crippen LogP contribution in [-0.2, 0) is 0 Å². The molecule has 0 saturated carbocycles. The van der Waals surface area contributed by atoms with Gasteiger partial charge in [-0.05, 0) is 52.8 Å². The lowest BCUT2D eigenvalue weighted by Crippen LogP contribution is -2.26. The molecule has 2 nitrogen and oxygen atoms in total. The number of aliphatic hydroxyl groups is 1. The highest BCUT2D eigenvalue weighted by Crippen LogP contribution is 2.40. The van der Waals surface area contributed by atoms with Gasteiger partial charge in [0.1, 0.15) is 5.75 Å². The molecule has 34 heavy (non-hydrogen) atoms. The lowest BCUT2D eigenvalue weighted by atomic mass is 9.90. The highest BCUT2D eigenvalue weighted by atomic mass is 16.6. The predicted octanol–water partition coefficient (Wildman–Crippen LogP) is 8.60. The molecule has 0 aliphatic rings. The van der Waals surface area contributed by atoms with Gasteiger partial charge in [-0.1, -0.05) is 118 Å². The Labute approximate surface area is 203 Å². The second kappa shape index (κ2) is 11.7. The van der Waals surface area contributed by atoms with Crippen molar-refractivity contribution in [2.24, 2.45) is 5.92 Å². The Morgan fingerprint density at radius 3 is 1.97 bits per heavy atom. The second-order valence-corrected chi connectivity index (χ2v) is 8.81. The van der Waals surface area contributed by atoms with Crippen LogP contribution < -0.4 is 4.74 Å². The third-order valence-electron chi connectivity index (χ3n) is 6.49. The molecular weight excluding hydrogens is 416 g/mol. The summed E-state index contributed by atoms with van der Waals surface area (Å²) in [6.45, 7) is 4.30. The Bertz CT molecular complexity index is 1170. The van der Waals surface area contributed by atoms with E-state index in [0.29, 0.717) is 0 Å². The van der Waals surface area contributed by atoms with Crippen LogP contribution in [0.25, 0.3) is 33.4 Å².